The number of nitrogens with zero attached hydrogens (tertiary/aromatic N) is 1. The first kappa shape index (κ1) is 7.59. The van der Waals surface area contributed by atoms with Crippen molar-refractivity contribution in [3.05, 3.63) is 34.7 Å². The van der Waals surface area contributed by atoms with Crippen LogP contribution in [0.4, 0.5) is 14.5 Å². The Hall–Kier alpha value is -1.52. The van der Waals surface area contributed by atoms with Crippen molar-refractivity contribution in [2.75, 3.05) is 0 Å². The number of rotatable bonds is 1. The standard InChI is InChI=1S/C6H4F2NO2/c7-4-1-2-6(9(10)11)5(8)3-4/h1-3H,(H,10,11)/q+1. The molecule has 0 aromatic heterocycles. The fourth-order valence-corrected chi connectivity index (χ4v) is 0.636. The quantitative estimate of drug-likeness (QED) is 0.636. The van der Waals surface area contributed by atoms with Gasteiger partial charge in [-0.05, 0) is 6.07 Å². The van der Waals surface area contributed by atoms with E-state index in [1.54, 1.807) is 0 Å². The molecule has 0 spiro atoms. The Morgan fingerprint density at radius 1 is 1.36 bits per heavy atom. The van der Waals surface area contributed by atoms with E-state index < -0.39 is 22.2 Å². The van der Waals surface area contributed by atoms with Crippen LogP contribution in [0, 0.1) is 16.5 Å². The average Bonchev–Trinajstić information content (AvgIpc) is 1.85. The maximum Gasteiger partial charge on any atom is 0.352 e. The molecule has 0 bridgehead atoms. The lowest BCUT2D eigenvalue weighted by atomic mass is 10.3. The average molecular weight is 160 g/mol. The fraction of sp³-hybridized carbons (Fsp3) is 0. The molecule has 5 heteroatoms. The predicted molar refractivity (Wildman–Crippen MR) is 31.4 cm³/mol. The van der Waals surface area contributed by atoms with E-state index in [-0.39, 0.29) is 0 Å². The fourth-order valence-electron chi connectivity index (χ4n) is 0.636. The molecule has 11 heavy (non-hydrogen) atoms. The van der Waals surface area contributed by atoms with Gasteiger partial charge in [-0.15, -0.1) is 0 Å². The first-order chi connectivity index (χ1) is 5.11. The summed E-state index contributed by atoms with van der Waals surface area (Å²) < 4.78 is 24.6. The summed E-state index contributed by atoms with van der Waals surface area (Å²) in [7, 11) is 0. The molecule has 0 unspecified atom stereocenters. The molecule has 0 saturated heterocycles. The molecular formula is C6H4F2NO2+. The third-order valence-electron chi connectivity index (χ3n) is 1.12. The lowest BCUT2D eigenvalue weighted by Crippen LogP contribution is -1.95. The van der Waals surface area contributed by atoms with E-state index in [1.165, 1.54) is 0 Å². The summed E-state index contributed by atoms with van der Waals surface area (Å²) in [4.78, 5) is 9.43. The van der Waals surface area contributed by atoms with E-state index in [2.05, 4.69) is 0 Å². The highest BCUT2D eigenvalue weighted by Gasteiger charge is 2.18. The van der Waals surface area contributed by atoms with Gasteiger partial charge < -0.3 is 0 Å². The Morgan fingerprint density at radius 3 is 2.45 bits per heavy atom. The van der Waals surface area contributed by atoms with Crippen molar-refractivity contribution in [3.8, 4) is 0 Å². The molecule has 1 N–H and O–H groups in total. The summed E-state index contributed by atoms with van der Waals surface area (Å²) in [5.41, 5.74) is -0.605. The Kier molecular flexibility index (Phi) is 1.80. The smallest absolute Gasteiger partial charge is 0.241 e. The Morgan fingerprint density at radius 2 is 2.00 bits per heavy atom. The Labute approximate surface area is 60.4 Å². The molecule has 0 aliphatic rings. The van der Waals surface area contributed by atoms with Gasteiger partial charge in [-0.25, -0.2) is 9.60 Å². The van der Waals surface area contributed by atoms with E-state index in [4.69, 9.17) is 5.21 Å². The summed E-state index contributed by atoms with van der Waals surface area (Å²) in [6.07, 6.45) is 0. The number of halogens is 2. The van der Waals surface area contributed by atoms with Crippen LogP contribution < -0.4 is 0 Å². The van der Waals surface area contributed by atoms with Crippen LogP contribution in [-0.4, -0.2) is 10.1 Å². The van der Waals surface area contributed by atoms with E-state index >= 15 is 0 Å². The van der Waals surface area contributed by atoms with Gasteiger partial charge in [0.05, 0.1) is 4.91 Å². The summed E-state index contributed by atoms with van der Waals surface area (Å²) in [5, 5.41) is 8.21. The highest BCUT2D eigenvalue weighted by molar-refractivity contribution is 5.30. The van der Waals surface area contributed by atoms with Crippen LogP contribution in [0.3, 0.4) is 0 Å². The predicted octanol–water partition coefficient (Wildman–Crippen LogP) is 1.76. The van der Waals surface area contributed by atoms with Crippen LogP contribution in [0.2, 0.25) is 0 Å². The highest BCUT2D eigenvalue weighted by atomic mass is 19.1. The minimum Gasteiger partial charge on any atom is -0.241 e. The summed E-state index contributed by atoms with van der Waals surface area (Å²) in [6, 6.07) is 2.23. The second kappa shape index (κ2) is 2.61. The monoisotopic (exact) mass is 160 g/mol. The molecule has 3 nitrogen and oxygen atoms in total. The normalized spacial score (nSPS) is 9.64. The molecule has 0 fully saturated rings. The van der Waals surface area contributed by atoms with Crippen LogP contribution in [0.15, 0.2) is 18.2 Å². The topological polar surface area (TPSA) is 40.3 Å². The molecule has 0 atom stereocenters. The third-order valence-corrected chi connectivity index (χ3v) is 1.12. The first-order valence-electron chi connectivity index (χ1n) is 2.72. The van der Waals surface area contributed by atoms with Crippen LogP contribution in [0.25, 0.3) is 0 Å². The molecule has 1 rings (SSSR count). The lowest BCUT2D eigenvalue weighted by Gasteiger charge is -1.87. The van der Waals surface area contributed by atoms with Gasteiger partial charge in [-0.3, -0.25) is 0 Å². The summed E-state index contributed by atoms with van der Waals surface area (Å²) in [5.74, 6) is -1.89. The molecule has 1 aromatic carbocycles. The zero-order chi connectivity index (χ0) is 8.43. The van der Waals surface area contributed by atoms with E-state index in [1.807, 2.05) is 0 Å². The van der Waals surface area contributed by atoms with Crippen LogP contribution in [-0.2, 0) is 0 Å². The maximum absolute atomic E-state index is 12.5. The molecule has 0 radical (unpaired) electrons. The van der Waals surface area contributed by atoms with Crippen LogP contribution in [0.5, 0.6) is 0 Å². The molecule has 0 saturated carbocycles. The number of benzene rings is 1. The SMILES string of the molecule is O=[N+](O)c1ccc(F)cc1F. The van der Waals surface area contributed by atoms with E-state index in [0.29, 0.717) is 6.07 Å². The van der Waals surface area contributed by atoms with Gasteiger partial charge in [0.25, 0.3) is 4.92 Å². The van der Waals surface area contributed by atoms with Crippen LogP contribution >= 0.6 is 0 Å². The zero-order valence-electron chi connectivity index (χ0n) is 5.29. The molecule has 0 heterocycles. The first-order valence-corrected chi connectivity index (χ1v) is 2.72. The third kappa shape index (κ3) is 1.49. The van der Waals surface area contributed by atoms with Crippen molar-refractivity contribution in [3.63, 3.8) is 0 Å². The van der Waals surface area contributed by atoms with Crippen molar-refractivity contribution in [2.24, 2.45) is 0 Å². The van der Waals surface area contributed by atoms with E-state index in [0.717, 1.165) is 12.1 Å². The lowest BCUT2D eigenvalue weighted by molar-refractivity contribution is -0.730. The second-order valence-corrected chi connectivity index (χ2v) is 1.87. The van der Waals surface area contributed by atoms with Crippen LogP contribution in [0.1, 0.15) is 0 Å². The van der Waals surface area contributed by atoms with Gasteiger partial charge in [-0.1, -0.05) is 0 Å². The highest BCUT2D eigenvalue weighted by Crippen LogP contribution is 2.15. The van der Waals surface area contributed by atoms with Gasteiger partial charge >= 0.3 is 5.69 Å². The van der Waals surface area contributed by atoms with Gasteiger partial charge in [0.2, 0.25) is 5.82 Å². The van der Waals surface area contributed by atoms with Gasteiger partial charge in [-0.2, -0.15) is 4.39 Å². The summed E-state index contributed by atoms with van der Waals surface area (Å²) in [6.45, 7) is 0. The van der Waals surface area contributed by atoms with Crippen molar-refractivity contribution in [1.82, 2.24) is 0 Å². The van der Waals surface area contributed by atoms with E-state index in [9.17, 15) is 13.7 Å². The molecule has 1 aromatic rings. The Balaban J connectivity index is 3.20. The molecular weight excluding hydrogens is 156 g/mol. The van der Waals surface area contributed by atoms with Gasteiger partial charge in [0.1, 0.15) is 5.82 Å². The molecule has 58 valence electrons. The number of hydrogen-bond acceptors (Lipinski definition) is 1. The largest absolute Gasteiger partial charge is 0.352 e. The minimum atomic E-state index is -1.09. The van der Waals surface area contributed by atoms with Gasteiger partial charge in [0.15, 0.2) is 0 Å². The molecule has 0 aliphatic carbocycles. The van der Waals surface area contributed by atoms with Crippen molar-refractivity contribution < 1.29 is 18.9 Å². The maximum atomic E-state index is 12.5. The van der Waals surface area contributed by atoms with Crippen molar-refractivity contribution in [2.45, 2.75) is 0 Å². The zero-order valence-corrected chi connectivity index (χ0v) is 5.29. The van der Waals surface area contributed by atoms with Gasteiger partial charge in [0, 0.05) is 12.1 Å². The second-order valence-electron chi connectivity index (χ2n) is 1.87. The molecule has 0 aliphatic heterocycles. The Bertz CT molecular complexity index is 301. The molecule has 0 amide bonds. The minimum absolute atomic E-state index is 0.510. The van der Waals surface area contributed by atoms with Crippen molar-refractivity contribution >= 4 is 5.69 Å². The van der Waals surface area contributed by atoms with Crippen molar-refractivity contribution in [1.29, 1.82) is 0 Å². The number of hydrogen-bond donors (Lipinski definition) is 1. The summed E-state index contributed by atoms with van der Waals surface area (Å²) >= 11 is 0.